The molecule has 2 aliphatic carbocycles. The van der Waals surface area contributed by atoms with Crippen LogP contribution in [0.15, 0.2) is 36.4 Å². The molecule has 1 amide bonds. The number of carbonyl (C=O) groups excluding carboxylic acids is 1. The number of nitrogens with zero attached hydrogens (tertiary/aromatic N) is 4. The van der Waals surface area contributed by atoms with Gasteiger partial charge in [0.15, 0.2) is 5.82 Å². The number of benzene rings is 1. The summed E-state index contributed by atoms with van der Waals surface area (Å²) >= 11 is 0. The third-order valence-corrected chi connectivity index (χ3v) is 4.86. The second-order valence-electron chi connectivity index (χ2n) is 6.74. The average molecular weight is 353 g/mol. The summed E-state index contributed by atoms with van der Waals surface area (Å²) in [5, 5.41) is 24.1. The second kappa shape index (κ2) is 6.70. The number of nitrogens with one attached hydrogen (secondary N) is 1. The summed E-state index contributed by atoms with van der Waals surface area (Å²) < 4.78 is 1.81. The van der Waals surface area contributed by atoms with Crippen molar-refractivity contribution in [2.45, 2.75) is 31.7 Å². The summed E-state index contributed by atoms with van der Waals surface area (Å²) in [6.45, 7) is 0. The maximum atomic E-state index is 12.6. The maximum absolute atomic E-state index is 12.6. The molecule has 26 heavy (non-hydrogen) atoms. The molecule has 1 aromatic carbocycles. The quantitative estimate of drug-likeness (QED) is 0.798. The molecule has 0 spiro atoms. The minimum Gasteiger partial charge on any atom is -0.481 e. The molecule has 1 heterocycles. The van der Waals surface area contributed by atoms with Crippen LogP contribution in [0.1, 0.15) is 31.7 Å². The van der Waals surface area contributed by atoms with Gasteiger partial charge in [-0.25, -0.2) is 4.68 Å². The van der Waals surface area contributed by atoms with Crippen molar-refractivity contribution >= 4 is 17.6 Å². The number of aromatic nitrogens is 4. The Hall–Kier alpha value is -3.03. The molecule has 0 saturated heterocycles. The third-order valence-electron chi connectivity index (χ3n) is 4.86. The van der Waals surface area contributed by atoms with Crippen LogP contribution >= 0.6 is 0 Å². The molecule has 0 unspecified atom stereocenters. The van der Waals surface area contributed by atoms with Crippen LogP contribution in [0, 0.1) is 11.8 Å². The van der Waals surface area contributed by atoms with Crippen molar-refractivity contribution in [3.05, 3.63) is 36.4 Å². The van der Waals surface area contributed by atoms with E-state index >= 15 is 0 Å². The molecule has 0 aliphatic heterocycles. The van der Waals surface area contributed by atoms with Crippen molar-refractivity contribution in [3.63, 3.8) is 0 Å². The Balaban J connectivity index is 1.53. The Bertz CT molecular complexity index is 871. The molecule has 2 aromatic rings. The summed E-state index contributed by atoms with van der Waals surface area (Å²) in [5.74, 6) is -1.80. The maximum Gasteiger partial charge on any atom is 0.307 e. The van der Waals surface area contributed by atoms with Gasteiger partial charge < -0.3 is 10.4 Å². The van der Waals surface area contributed by atoms with Crippen LogP contribution in [0.25, 0.3) is 11.4 Å². The first kappa shape index (κ1) is 16.4. The van der Waals surface area contributed by atoms with E-state index in [1.165, 1.54) is 0 Å². The van der Waals surface area contributed by atoms with Gasteiger partial charge in [0.25, 0.3) is 0 Å². The number of carboxylic acids is 1. The highest BCUT2D eigenvalue weighted by atomic mass is 16.4. The molecule has 0 radical (unpaired) electrons. The highest BCUT2D eigenvalue weighted by Crippen LogP contribution is 2.37. The van der Waals surface area contributed by atoms with Crippen LogP contribution in [-0.2, 0) is 9.59 Å². The molecule has 4 rings (SSSR count). The van der Waals surface area contributed by atoms with Crippen LogP contribution in [0.3, 0.4) is 0 Å². The lowest BCUT2D eigenvalue weighted by molar-refractivity contribution is -0.146. The Morgan fingerprint density at radius 3 is 2.65 bits per heavy atom. The molecule has 8 heteroatoms. The minimum atomic E-state index is -0.938. The van der Waals surface area contributed by atoms with Crippen LogP contribution in [0.5, 0.6) is 0 Å². The summed E-state index contributed by atoms with van der Waals surface area (Å²) in [6, 6.07) is 7.66. The molecule has 8 nitrogen and oxygen atoms in total. The number of tetrazole rings is 1. The van der Waals surface area contributed by atoms with E-state index in [9.17, 15) is 14.7 Å². The molecular formula is C18H19N5O3. The molecule has 2 N–H and O–H groups in total. The normalized spacial score (nSPS) is 22.2. The number of allylic oxidation sites excluding steroid dienone is 2. The first-order valence-electron chi connectivity index (χ1n) is 8.70. The van der Waals surface area contributed by atoms with Crippen molar-refractivity contribution < 1.29 is 14.7 Å². The number of hydrogen-bond donors (Lipinski definition) is 2. The highest BCUT2D eigenvalue weighted by molar-refractivity contribution is 5.95. The molecule has 0 bridgehead atoms. The highest BCUT2D eigenvalue weighted by Gasteiger charge is 2.34. The summed E-state index contributed by atoms with van der Waals surface area (Å²) in [5.41, 5.74) is 1.43. The number of carboxylic acid groups (broad SMARTS) is 1. The van der Waals surface area contributed by atoms with E-state index in [-0.39, 0.29) is 5.91 Å². The van der Waals surface area contributed by atoms with Crippen LogP contribution < -0.4 is 5.32 Å². The van der Waals surface area contributed by atoms with E-state index in [4.69, 9.17) is 0 Å². The van der Waals surface area contributed by atoms with Crippen molar-refractivity contribution in [1.29, 1.82) is 0 Å². The van der Waals surface area contributed by atoms with Crippen LogP contribution in [0.2, 0.25) is 0 Å². The fourth-order valence-corrected chi connectivity index (χ4v) is 3.30. The molecule has 1 aromatic heterocycles. The topological polar surface area (TPSA) is 110 Å². The summed E-state index contributed by atoms with van der Waals surface area (Å²) in [6.07, 6.45) is 6.64. The van der Waals surface area contributed by atoms with Gasteiger partial charge in [0.1, 0.15) is 0 Å². The van der Waals surface area contributed by atoms with Gasteiger partial charge in [-0.2, -0.15) is 0 Å². The molecule has 2 atom stereocenters. The van der Waals surface area contributed by atoms with Gasteiger partial charge in [-0.05, 0) is 48.2 Å². The lowest BCUT2D eigenvalue weighted by Crippen LogP contribution is -2.34. The Kier molecular flexibility index (Phi) is 4.24. The molecule has 2 aliphatic rings. The van der Waals surface area contributed by atoms with Gasteiger partial charge in [-0.1, -0.05) is 24.3 Å². The monoisotopic (exact) mass is 353 g/mol. The van der Waals surface area contributed by atoms with Crippen molar-refractivity contribution in [2.75, 3.05) is 5.32 Å². The van der Waals surface area contributed by atoms with Crippen LogP contribution in [-0.4, -0.2) is 37.2 Å². The fraction of sp³-hybridized carbons (Fsp3) is 0.389. The number of rotatable bonds is 5. The largest absolute Gasteiger partial charge is 0.481 e. The van der Waals surface area contributed by atoms with Crippen LogP contribution in [0.4, 0.5) is 5.69 Å². The average Bonchev–Trinajstić information content (AvgIpc) is 3.38. The molecular weight excluding hydrogens is 334 g/mol. The standard InChI is InChI=1S/C18H19N5O3/c24-17(14-6-1-2-7-15(14)18(25)26)19-12-5-3-4-11(10-12)16-20-21-22-23(16)13-8-9-13/h1-5,10,13-15H,6-9H2,(H,19,24)(H,25,26)/t14-,15-/m0/s1. The van der Waals surface area contributed by atoms with E-state index in [0.717, 1.165) is 18.4 Å². The molecule has 1 saturated carbocycles. The Morgan fingerprint density at radius 2 is 1.92 bits per heavy atom. The van der Waals surface area contributed by atoms with Crippen molar-refractivity contribution in [3.8, 4) is 11.4 Å². The van der Waals surface area contributed by atoms with Gasteiger partial charge in [0, 0.05) is 11.3 Å². The lowest BCUT2D eigenvalue weighted by Gasteiger charge is -2.24. The third kappa shape index (κ3) is 3.22. The zero-order valence-electron chi connectivity index (χ0n) is 14.1. The SMILES string of the molecule is O=C(O)[C@H]1CC=CC[C@@H]1C(=O)Nc1cccc(-c2nnnn2C2CC2)c1. The summed E-state index contributed by atoms with van der Waals surface area (Å²) in [7, 11) is 0. The zero-order valence-corrected chi connectivity index (χ0v) is 14.1. The predicted octanol–water partition coefficient (Wildman–Crippen LogP) is 2.28. The number of carbonyl (C=O) groups is 2. The smallest absolute Gasteiger partial charge is 0.307 e. The van der Waals surface area contributed by atoms with Crippen molar-refractivity contribution in [2.24, 2.45) is 11.8 Å². The van der Waals surface area contributed by atoms with E-state index in [1.807, 2.05) is 35.0 Å². The number of amides is 1. The van der Waals surface area contributed by atoms with E-state index in [0.29, 0.717) is 30.4 Å². The van der Waals surface area contributed by atoms with Gasteiger partial charge in [-0.3, -0.25) is 9.59 Å². The molecule has 134 valence electrons. The first-order chi connectivity index (χ1) is 12.6. The Morgan fingerprint density at radius 1 is 1.15 bits per heavy atom. The van der Waals surface area contributed by atoms with Crippen molar-refractivity contribution in [1.82, 2.24) is 20.2 Å². The fourth-order valence-electron chi connectivity index (χ4n) is 3.30. The first-order valence-corrected chi connectivity index (χ1v) is 8.70. The second-order valence-corrected chi connectivity index (χ2v) is 6.74. The molecule has 1 fully saturated rings. The Labute approximate surface area is 149 Å². The van der Waals surface area contributed by atoms with E-state index in [2.05, 4.69) is 20.8 Å². The van der Waals surface area contributed by atoms with Gasteiger partial charge in [-0.15, -0.1) is 5.10 Å². The number of aliphatic carboxylic acids is 1. The number of hydrogen-bond acceptors (Lipinski definition) is 5. The lowest BCUT2D eigenvalue weighted by atomic mass is 9.82. The zero-order chi connectivity index (χ0) is 18.1. The van der Waals surface area contributed by atoms with Gasteiger partial charge in [0.05, 0.1) is 17.9 Å². The van der Waals surface area contributed by atoms with Gasteiger partial charge in [0.2, 0.25) is 5.91 Å². The van der Waals surface area contributed by atoms with E-state index < -0.39 is 17.8 Å². The minimum absolute atomic E-state index is 0.277. The summed E-state index contributed by atoms with van der Waals surface area (Å²) in [4.78, 5) is 24.0. The van der Waals surface area contributed by atoms with Gasteiger partial charge >= 0.3 is 5.97 Å². The predicted molar refractivity (Wildman–Crippen MR) is 93.1 cm³/mol. The van der Waals surface area contributed by atoms with E-state index in [1.54, 1.807) is 6.07 Å². The number of anilines is 1.